The molecule has 0 spiro atoms. The third-order valence-electron chi connectivity index (χ3n) is 4.95. The van der Waals surface area contributed by atoms with E-state index in [0.717, 1.165) is 12.8 Å². The standard InChI is InChI=1S/C18H24N2O4/c1-23-15-8-7-13(10-16(15)24-2)19-18(22)12-9-17(21)20(11-12)14-5-3-4-6-14/h7-8,10,12,14H,3-6,9,11H2,1-2H3,(H,19,22). The molecular weight excluding hydrogens is 308 g/mol. The molecule has 1 heterocycles. The Morgan fingerprint density at radius 3 is 2.54 bits per heavy atom. The van der Waals surface area contributed by atoms with Crippen LogP contribution in [0.1, 0.15) is 32.1 Å². The van der Waals surface area contributed by atoms with Gasteiger partial charge < -0.3 is 19.7 Å². The fourth-order valence-corrected chi connectivity index (χ4v) is 3.63. The average molecular weight is 332 g/mol. The van der Waals surface area contributed by atoms with E-state index in [1.54, 1.807) is 32.4 Å². The minimum atomic E-state index is -0.286. The molecule has 2 amide bonds. The second kappa shape index (κ2) is 7.11. The molecule has 6 heteroatoms. The summed E-state index contributed by atoms with van der Waals surface area (Å²) < 4.78 is 10.4. The molecule has 1 aromatic carbocycles. The zero-order chi connectivity index (χ0) is 17.1. The highest BCUT2D eigenvalue weighted by Gasteiger charge is 2.38. The highest BCUT2D eigenvalue weighted by atomic mass is 16.5. The number of methoxy groups -OCH3 is 2. The Kier molecular flexibility index (Phi) is 4.92. The normalized spacial score (nSPS) is 21.2. The second-order valence-corrected chi connectivity index (χ2v) is 6.44. The predicted molar refractivity (Wildman–Crippen MR) is 90.3 cm³/mol. The number of anilines is 1. The summed E-state index contributed by atoms with van der Waals surface area (Å²) in [5.41, 5.74) is 0.643. The van der Waals surface area contributed by atoms with E-state index >= 15 is 0 Å². The molecule has 1 aromatic rings. The van der Waals surface area contributed by atoms with Crippen molar-refractivity contribution in [3.63, 3.8) is 0 Å². The molecule has 1 aliphatic carbocycles. The van der Waals surface area contributed by atoms with E-state index in [-0.39, 0.29) is 17.7 Å². The van der Waals surface area contributed by atoms with Gasteiger partial charge in [-0.15, -0.1) is 0 Å². The molecular formula is C18H24N2O4. The number of nitrogens with zero attached hydrogens (tertiary/aromatic N) is 1. The van der Waals surface area contributed by atoms with Gasteiger partial charge >= 0.3 is 0 Å². The minimum Gasteiger partial charge on any atom is -0.493 e. The summed E-state index contributed by atoms with van der Waals surface area (Å²) in [5, 5.41) is 2.89. The molecule has 1 atom stereocenters. The summed E-state index contributed by atoms with van der Waals surface area (Å²) in [4.78, 5) is 26.6. The van der Waals surface area contributed by atoms with Crippen LogP contribution in [0.2, 0.25) is 0 Å². The maximum absolute atomic E-state index is 12.5. The van der Waals surface area contributed by atoms with E-state index in [4.69, 9.17) is 9.47 Å². The van der Waals surface area contributed by atoms with Crippen LogP contribution < -0.4 is 14.8 Å². The topological polar surface area (TPSA) is 67.9 Å². The monoisotopic (exact) mass is 332 g/mol. The number of hydrogen-bond acceptors (Lipinski definition) is 4. The summed E-state index contributed by atoms with van der Waals surface area (Å²) in [6.45, 7) is 0.530. The van der Waals surface area contributed by atoms with Crippen LogP contribution in [-0.4, -0.2) is 43.5 Å². The van der Waals surface area contributed by atoms with Gasteiger partial charge in [-0.25, -0.2) is 0 Å². The first kappa shape index (κ1) is 16.6. The molecule has 24 heavy (non-hydrogen) atoms. The van der Waals surface area contributed by atoms with Crippen LogP contribution in [-0.2, 0) is 9.59 Å². The Bertz CT molecular complexity index is 625. The van der Waals surface area contributed by atoms with Crippen LogP contribution in [0, 0.1) is 5.92 Å². The number of likely N-dealkylation sites (tertiary alicyclic amines) is 1. The maximum atomic E-state index is 12.5. The molecule has 0 bridgehead atoms. The van der Waals surface area contributed by atoms with Gasteiger partial charge in [-0.3, -0.25) is 9.59 Å². The van der Waals surface area contributed by atoms with E-state index in [0.29, 0.717) is 36.2 Å². The lowest BCUT2D eigenvalue weighted by atomic mass is 10.1. The molecule has 1 saturated carbocycles. The zero-order valence-corrected chi connectivity index (χ0v) is 14.2. The van der Waals surface area contributed by atoms with Crippen molar-refractivity contribution in [2.24, 2.45) is 5.92 Å². The van der Waals surface area contributed by atoms with Crippen molar-refractivity contribution in [1.82, 2.24) is 4.90 Å². The zero-order valence-electron chi connectivity index (χ0n) is 14.2. The smallest absolute Gasteiger partial charge is 0.229 e. The van der Waals surface area contributed by atoms with Gasteiger partial charge in [-0.05, 0) is 25.0 Å². The summed E-state index contributed by atoms with van der Waals surface area (Å²) in [6, 6.07) is 5.57. The van der Waals surface area contributed by atoms with Gasteiger partial charge in [0.05, 0.1) is 20.1 Å². The number of rotatable bonds is 5. The van der Waals surface area contributed by atoms with Crippen LogP contribution in [0.25, 0.3) is 0 Å². The molecule has 1 saturated heterocycles. The van der Waals surface area contributed by atoms with Crippen LogP contribution in [0.4, 0.5) is 5.69 Å². The van der Waals surface area contributed by atoms with Crippen LogP contribution >= 0.6 is 0 Å². The van der Waals surface area contributed by atoms with E-state index in [1.165, 1.54) is 12.8 Å². The van der Waals surface area contributed by atoms with E-state index in [2.05, 4.69) is 5.32 Å². The highest BCUT2D eigenvalue weighted by Crippen LogP contribution is 2.32. The number of carbonyl (C=O) groups excluding carboxylic acids is 2. The Labute approximate surface area is 142 Å². The molecule has 0 aromatic heterocycles. The quantitative estimate of drug-likeness (QED) is 0.899. The lowest BCUT2D eigenvalue weighted by molar-refractivity contribution is -0.129. The Hall–Kier alpha value is -2.24. The van der Waals surface area contributed by atoms with Crippen LogP contribution in [0.3, 0.4) is 0 Å². The first-order chi connectivity index (χ1) is 11.6. The SMILES string of the molecule is COc1ccc(NC(=O)C2CC(=O)N(C3CCCC3)C2)cc1OC. The van der Waals surface area contributed by atoms with Crippen molar-refractivity contribution in [2.75, 3.05) is 26.1 Å². The number of nitrogens with one attached hydrogen (secondary N) is 1. The molecule has 130 valence electrons. The molecule has 1 N–H and O–H groups in total. The first-order valence-electron chi connectivity index (χ1n) is 8.44. The molecule has 6 nitrogen and oxygen atoms in total. The van der Waals surface area contributed by atoms with E-state index < -0.39 is 0 Å². The van der Waals surface area contributed by atoms with Crippen molar-refractivity contribution in [3.8, 4) is 11.5 Å². The summed E-state index contributed by atoms with van der Waals surface area (Å²) in [7, 11) is 3.12. The third-order valence-corrected chi connectivity index (χ3v) is 4.95. The van der Waals surface area contributed by atoms with Gasteiger partial charge in [0.15, 0.2) is 11.5 Å². The van der Waals surface area contributed by atoms with Crippen molar-refractivity contribution in [3.05, 3.63) is 18.2 Å². The number of amides is 2. The molecule has 0 radical (unpaired) electrons. The lowest BCUT2D eigenvalue weighted by Crippen LogP contribution is -2.35. The third kappa shape index (κ3) is 3.32. The van der Waals surface area contributed by atoms with Gasteiger partial charge in [0.1, 0.15) is 0 Å². The van der Waals surface area contributed by atoms with Gasteiger partial charge in [-0.1, -0.05) is 12.8 Å². The Morgan fingerprint density at radius 2 is 1.88 bits per heavy atom. The molecule has 2 aliphatic rings. The van der Waals surface area contributed by atoms with Gasteiger partial charge in [0.25, 0.3) is 0 Å². The van der Waals surface area contributed by atoms with Crippen LogP contribution in [0.5, 0.6) is 11.5 Å². The molecule has 3 rings (SSSR count). The fourth-order valence-electron chi connectivity index (χ4n) is 3.63. The van der Waals surface area contributed by atoms with Crippen LogP contribution in [0.15, 0.2) is 18.2 Å². The van der Waals surface area contributed by atoms with Crippen molar-refractivity contribution in [2.45, 2.75) is 38.1 Å². The van der Waals surface area contributed by atoms with Gasteiger partial charge in [-0.2, -0.15) is 0 Å². The average Bonchev–Trinajstić information content (AvgIpc) is 3.23. The van der Waals surface area contributed by atoms with Crippen molar-refractivity contribution in [1.29, 1.82) is 0 Å². The maximum Gasteiger partial charge on any atom is 0.229 e. The number of benzene rings is 1. The largest absolute Gasteiger partial charge is 0.493 e. The van der Waals surface area contributed by atoms with Gasteiger partial charge in [0, 0.05) is 30.8 Å². The summed E-state index contributed by atoms with van der Waals surface area (Å²) in [6.07, 6.45) is 4.79. The molecule has 1 unspecified atom stereocenters. The van der Waals surface area contributed by atoms with E-state index in [1.807, 2.05) is 4.90 Å². The lowest BCUT2D eigenvalue weighted by Gasteiger charge is -2.23. The molecule has 2 fully saturated rings. The number of carbonyl (C=O) groups is 2. The number of hydrogen-bond donors (Lipinski definition) is 1. The second-order valence-electron chi connectivity index (χ2n) is 6.44. The van der Waals surface area contributed by atoms with Gasteiger partial charge in [0.2, 0.25) is 11.8 Å². The Morgan fingerprint density at radius 1 is 1.17 bits per heavy atom. The van der Waals surface area contributed by atoms with Crippen molar-refractivity contribution >= 4 is 17.5 Å². The number of ether oxygens (including phenoxy) is 2. The highest BCUT2D eigenvalue weighted by molar-refractivity contribution is 5.97. The van der Waals surface area contributed by atoms with E-state index in [9.17, 15) is 9.59 Å². The summed E-state index contributed by atoms with van der Waals surface area (Å²) in [5.74, 6) is 0.876. The Balaban J connectivity index is 1.64. The van der Waals surface area contributed by atoms with Crippen molar-refractivity contribution < 1.29 is 19.1 Å². The fraction of sp³-hybridized carbons (Fsp3) is 0.556. The first-order valence-corrected chi connectivity index (χ1v) is 8.44. The summed E-state index contributed by atoms with van der Waals surface area (Å²) >= 11 is 0. The predicted octanol–water partition coefficient (Wildman–Crippen LogP) is 2.43. The molecule has 1 aliphatic heterocycles. The minimum absolute atomic E-state index is 0.106.